The lowest BCUT2D eigenvalue weighted by atomic mass is 9.61. The molecule has 3 rings (SSSR count). The second-order valence-corrected chi connectivity index (χ2v) is 11.1. The van der Waals surface area contributed by atoms with Crippen molar-refractivity contribution in [1.29, 1.82) is 0 Å². The molecule has 0 amide bonds. The molecule has 0 saturated heterocycles. The van der Waals surface area contributed by atoms with E-state index in [0.717, 1.165) is 36.8 Å². The normalized spacial score (nSPS) is 37.4. The minimum atomic E-state index is -0.624. The van der Waals surface area contributed by atoms with Gasteiger partial charge in [0.2, 0.25) is 0 Å². The molecule has 3 heteroatoms. The summed E-state index contributed by atoms with van der Waals surface area (Å²) in [4.78, 5) is 0. The van der Waals surface area contributed by atoms with Crippen LogP contribution in [-0.2, 0) is 0 Å². The fourth-order valence-corrected chi connectivity index (χ4v) is 6.78. The van der Waals surface area contributed by atoms with E-state index >= 15 is 0 Å². The summed E-state index contributed by atoms with van der Waals surface area (Å²) >= 11 is 0. The highest BCUT2D eigenvalue weighted by Crippen LogP contribution is 2.59. The zero-order chi connectivity index (χ0) is 23.5. The van der Waals surface area contributed by atoms with Crippen LogP contribution in [0.15, 0.2) is 47.6 Å². The lowest BCUT2D eigenvalue weighted by molar-refractivity contribution is 0.0351. The van der Waals surface area contributed by atoms with Gasteiger partial charge in [0.15, 0.2) is 0 Å². The van der Waals surface area contributed by atoms with Crippen LogP contribution in [-0.4, -0.2) is 33.1 Å². The zero-order valence-electron chi connectivity index (χ0n) is 20.8. The first-order valence-corrected chi connectivity index (χ1v) is 13.0. The van der Waals surface area contributed by atoms with Gasteiger partial charge in [0.25, 0.3) is 0 Å². The van der Waals surface area contributed by atoms with Crippen molar-refractivity contribution in [3.05, 3.63) is 47.6 Å². The average molecular weight is 443 g/mol. The molecule has 0 heterocycles. The summed E-state index contributed by atoms with van der Waals surface area (Å²) in [6, 6.07) is 0. The van der Waals surface area contributed by atoms with Crippen LogP contribution in [0.5, 0.6) is 0 Å². The van der Waals surface area contributed by atoms with Gasteiger partial charge >= 0.3 is 0 Å². The highest BCUT2D eigenvalue weighted by Gasteiger charge is 2.50. The van der Waals surface area contributed by atoms with Crippen LogP contribution >= 0.6 is 0 Å². The van der Waals surface area contributed by atoms with Crippen LogP contribution in [0.1, 0.15) is 91.9 Å². The summed E-state index contributed by atoms with van der Waals surface area (Å²) in [5.41, 5.74) is 3.07. The first-order valence-electron chi connectivity index (χ1n) is 13.0. The predicted molar refractivity (Wildman–Crippen MR) is 133 cm³/mol. The van der Waals surface area contributed by atoms with Crippen LogP contribution in [0.4, 0.5) is 0 Å². The summed E-state index contributed by atoms with van der Waals surface area (Å²) in [6.45, 7) is 13.1. The third-order valence-electron chi connectivity index (χ3n) is 9.19. The Bertz CT molecular complexity index is 756. The number of fused-ring (bicyclic) bond motifs is 1. The van der Waals surface area contributed by atoms with Gasteiger partial charge in [0, 0.05) is 6.42 Å². The van der Waals surface area contributed by atoms with E-state index in [0.29, 0.717) is 36.0 Å². The van der Waals surface area contributed by atoms with Gasteiger partial charge in [-0.3, -0.25) is 0 Å². The van der Waals surface area contributed by atoms with Crippen LogP contribution in [0.3, 0.4) is 0 Å². The quantitative estimate of drug-likeness (QED) is 0.408. The number of aliphatic hydroxyl groups excluding tert-OH is 2. The minimum absolute atomic E-state index is 0.320. The number of allylic oxidation sites excluding steroid dienone is 4. The molecule has 0 aromatic heterocycles. The Morgan fingerprint density at radius 1 is 1.19 bits per heavy atom. The third kappa shape index (κ3) is 5.32. The van der Waals surface area contributed by atoms with Crippen molar-refractivity contribution in [2.75, 3.05) is 0 Å². The van der Waals surface area contributed by atoms with Gasteiger partial charge in [-0.25, -0.2) is 0 Å². The van der Waals surface area contributed by atoms with E-state index < -0.39 is 17.8 Å². The van der Waals surface area contributed by atoms with Crippen molar-refractivity contribution in [2.24, 2.45) is 23.2 Å². The molecule has 32 heavy (non-hydrogen) atoms. The van der Waals surface area contributed by atoms with Crippen LogP contribution in [0.25, 0.3) is 0 Å². The Labute approximate surface area is 196 Å². The van der Waals surface area contributed by atoms with Crippen molar-refractivity contribution in [1.82, 2.24) is 0 Å². The standard InChI is InChI=1S/C29H46O3/c1-6-29(32,7-2)17-8-10-20(3)25-14-15-26-22(11-9-16-28(25,26)5)12-13-23-18-24(30)19-27(31)21(23)4/h8,10,12-13,20,24-27,30-32H,4,6-7,9,11,14-19H2,1-3,5H3/b10-8+,22-12+,23-13+. The first-order chi connectivity index (χ1) is 15.1. The average Bonchev–Trinajstić information content (AvgIpc) is 3.12. The maximum absolute atomic E-state index is 10.6. The molecule has 3 aliphatic rings. The maximum Gasteiger partial charge on any atom is 0.0811 e. The fraction of sp³-hybridized carbons (Fsp3) is 0.724. The molecular weight excluding hydrogens is 396 g/mol. The Hall–Kier alpha value is -1.16. The number of rotatable bonds is 7. The fourth-order valence-electron chi connectivity index (χ4n) is 6.78. The molecule has 3 aliphatic carbocycles. The Balaban J connectivity index is 1.72. The Morgan fingerprint density at radius 2 is 1.91 bits per heavy atom. The van der Waals surface area contributed by atoms with Crippen molar-refractivity contribution in [3.63, 3.8) is 0 Å². The largest absolute Gasteiger partial charge is 0.393 e. The number of hydrogen-bond donors (Lipinski definition) is 3. The number of aliphatic hydroxyl groups is 3. The summed E-state index contributed by atoms with van der Waals surface area (Å²) in [6.07, 6.45) is 17.4. The van der Waals surface area contributed by atoms with E-state index in [4.69, 9.17) is 0 Å². The smallest absolute Gasteiger partial charge is 0.0811 e. The van der Waals surface area contributed by atoms with E-state index in [1.807, 2.05) is 0 Å². The summed E-state index contributed by atoms with van der Waals surface area (Å²) in [5.74, 6) is 1.80. The SMILES string of the molecule is C=C1/C(=C/C=C2\CCCC3(C)C2CCC3C(C)/C=C/CC(O)(CC)CC)CC(O)CC1O. The lowest BCUT2D eigenvalue weighted by Crippen LogP contribution is -2.35. The predicted octanol–water partition coefficient (Wildman–Crippen LogP) is 6.26. The van der Waals surface area contributed by atoms with Crippen LogP contribution in [0, 0.1) is 23.2 Å². The van der Waals surface area contributed by atoms with Gasteiger partial charge in [-0.1, -0.05) is 64.2 Å². The van der Waals surface area contributed by atoms with Crippen LogP contribution in [0.2, 0.25) is 0 Å². The van der Waals surface area contributed by atoms with Gasteiger partial charge < -0.3 is 15.3 Å². The van der Waals surface area contributed by atoms with Crippen molar-refractivity contribution >= 4 is 0 Å². The number of hydrogen-bond acceptors (Lipinski definition) is 3. The lowest BCUT2D eigenvalue weighted by Gasteiger charge is -2.44. The molecule has 6 unspecified atom stereocenters. The molecular formula is C29H46O3. The summed E-state index contributed by atoms with van der Waals surface area (Å²) in [7, 11) is 0. The van der Waals surface area contributed by atoms with Crippen molar-refractivity contribution < 1.29 is 15.3 Å². The van der Waals surface area contributed by atoms with E-state index in [1.165, 1.54) is 25.7 Å². The molecule has 0 aromatic rings. The van der Waals surface area contributed by atoms with Gasteiger partial charge in [0.1, 0.15) is 0 Å². The van der Waals surface area contributed by atoms with E-state index in [9.17, 15) is 15.3 Å². The minimum Gasteiger partial charge on any atom is -0.393 e. The maximum atomic E-state index is 10.6. The monoisotopic (exact) mass is 442 g/mol. The molecule has 3 nitrogen and oxygen atoms in total. The summed E-state index contributed by atoms with van der Waals surface area (Å²) in [5, 5.41) is 30.8. The molecule has 6 atom stereocenters. The second-order valence-electron chi connectivity index (χ2n) is 11.1. The highest BCUT2D eigenvalue weighted by molar-refractivity contribution is 5.38. The molecule has 3 N–H and O–H groups in total. The van der Waals surface area contributed by atoms with E-state index in [1.54, 1.807) is 5.57 Å². The van der Waals surface area contributed by atoms with Crippen molar-refractivity contribution in [2.45, 2.75) is 110 Å². The van der Waals surface area contributed by atoms with Gasteiger partial charge in [-0.2, -0.15) is 0 Å². The van der Waals surface area contributed by atoms with Gasteiger partial charge in [-0.15, -0.1) is 0 Å². The second kappa shape index (κ2) is 10.4. The molecule has 0 bridgehead atoms. The molecule has 3 saturated carbocycles. The Morgan fingerprint density at radius 3 is 2.59 bits per heavy atom. The van der Waals surface area contributed by atoms with E-state index in [-0.39, 0.29) is 0 Å². The van der Waals surface area contributed by atoms with Gasteiger partial charge in [-0.05, 0) is 92.1 Å². The molecule has 0 spiro atoms. The van der Waals surface area contributed by atoms with Crippen LogP contribution < -0.4 is 0 Å². The Kier molecular flexibility index (Phi) is 8.28. The van der Waals surface area contributed by atoms with E-state index in [2.05, 4.69) is 58.6 Å². The molecule has 3 fully saturated rings. The third-order valence-corrected chi connectivity index (χ3v) is 9.19. The zero-order valence-corrected chi connectivity index (χ0v) is 20.8. The topological polar surface area (TPSA) is 60.7 Å². The highest BCUT2D eigenvalue weighted by atomic mass is 16.3. The molecule has 0 radical (unpaired) electrons. The van der Waals surface area contributed by atoms with Crippen molar-refractivity contribution in [3.8, 4) is 0 Å². The van der Waals surface area contributed by atoms with Gasteiger partial charge in [0.05, 0.1) is 17.8 Å². The molecule has 180 valence electrons. The first kappa shape index (κ1) is 25.5. The summed E-state index contributed by atoms with van der Waals surface area (Å²) < 4.78 is 0. The molecule has 0 aromatic carbocycles. The molecule has 0 aliphatic heterocycles.